The van der Waals surface area contributed by atoms with Crippen LogP contribution in [0.2, 0.25) is 0 Å². The molecule has 0 bridgehead atoms. The molecule has 0 saturated carbocycles. The number of ether oxygens (including phenoxy) is 1. The molecular weight excluding hydrogens is 416 g/mol. The van der Waals surface area contributed by atoms with Gasteiger partial charge in [0.2, 0.25) is 5.91 Å². The maximum Gasteiger partial charge on any atom is 0.272 e. The summed E-state index contributed by atoms with van der Waals surface area (Å²) in [5, 5.41) is 16.0. The first kappa shape index (κ1) is 20.8. The highest BCUT2D eigenvalue weighted by molar-refractivity contribution is 5.95. The van der Waals surface area contributed by atoms with Gasteiger partial charge in [-0.25, -0.2) is 4.98 Å². The summed E-state index contributed by atoms with van der Waals surface area (Å²) in [7, 11) is 0. The van der Waals surface area contributed by atoms with Crippen LogP contribution in [0, 0.1) is 6.92 Å². The molecule has 0 fully saturated rings. The number of nitrogens with zero attached hydrogens (tertiary/aromatic N) is 5. The lowest BCUT2D eigenvalue weighted by Crippen LogP contribution is -2.25. The van der Waals surface area contributed by atoms with Gasteiger partial charge in [-0.05, 0) is 38.5 Å². The number of nitrogens with one attached hydrogen (secondary N) is 1. The quantitative estimate of drug-likeness (QED) is 0.497. The van der Waals surface area contributed by atoms with Crippen molar-refractivity contribution in [3.63, 3.8) is 0 Å². The van der Waals surface area contributed by atoms with Crippen LogP contribution in [0.1, 0.15) is 43.0 Å². The zero-order valence-corrected chi connectivity index (χ0v) is 18.7. The van der Waals surface area contributed by atoms with Gasteiger partial charge in [0, 0.05) is 23.5 Å². The Morgan fingerprint density at radius 1 is 1.12 bits per heavy atom. The number of fused-ring (bicyclic) bond motifs is 1. The van der Waals surface area contributed by atoms with Gasteiger partial charge < -0.3 is 10.1 Å². The van der Waals surface area contributed by atoms with Gasteiger partial charge in [-0.3, -0.25) is 4.79 Å². The summed E-state index contributed by atoms with van der Waals surface area (Å²) < 4.78 is 7.44. The van der Waals surface area contributed by atoms with Gasteiger partial charge in [0.25, 0.3) is 5.95 Å². The summed E-state index contributed by atoms with van der Waals surface area (Å²) >= 11 is 0. The fraction of sp³-hybridized carbons (Fsp3) is 0.240. The highest BCUT2D eigenvalue weighted by atomic mass is 16.5. The highest BCUT2D eigenvalue weighted by Crippen LogP contribution is 2.40. The van der Waals surface area contributed by atoms with Crippen LogP contribution in [-0.4, -0.2) is 37.0 Å². The summed E-state index contributed by atoms with van der Waals surface area (Å²) in [6, 6.07) is 17.7. The number of aryl methyl sites for hydroxylation is 1. The zero-order chi connectivity index (χ0) is 22.9. The molecule has 8 nitrogen and oxygen atoms in total. The standard InChI is InChI=1S/C25H24N6O2/c1-15(2)33-19-11-7-10-18(12-19)20-13-22(32)28-24-23(20)16(3)30-31(24)25-27-21(14-26-29-25)17-8-5-4-6-9-17/h4-12,14-15,20H,13H2,1-3H3,(H,28,32). The topological polar surface area (TPSA) is 94.8 Å². The van der Waals surface area contributed by atoms with Crippen LogP contribution >= 0.6 is 0 Å². The molecule has 1 N–H and O–H groups in total. The Labute approximate surface area is 191 Å². The van der Waals surface area contributed by atoms with Crippen molar-refractivity contribution in [1.29, 1.82) is 0 Å². The number of carbonyl (C=O) groups excluding carboxylic acids is 1. The molecular formula is C25H24N6O2. The molecule has 0 aliphatic carbocycles. The second-order valence-electron chi connectivity index (χ2n) is 8.31. The molecule has 2 aromatic heterocycles. The summed E-state index contributed by atoms with van der Waals surface area (Å²) in [5.41, 5.74) is 4.36. The van der Waals surface area contributed by atoms with E-state index in [2.05, 4.69) is 25.6 Å². The summed E-state index contributed by atoms with van der Waals surface area (Å²) in [6.45, 7) is 5.91. The van der Waals surface area contributed by atoms with Crippen LogP contribution in [0.5, 0.6) is 5.75 Å². The second kappa shape index (κ2) is 8.46. The number of rotatable bonds is 5. The lowest BCUT2D eigenvalue weighted by molar-refractivity contribution is -0.116. The van der Waals surface area contributed by atoms with E-state index in [0.29, 0.717) is 23.9 Å². The molecule has 2 aromatic carbocycles. The van der Waals surface area contributed by atoms with E-state index in [9.17, 15) is 4.79 Å². The summed E-state index contributed by atoms with van der Waals surface area (Å²) in [5.74, 6) is 1.43. The van der Waals surface area contributed by atoms with Crippen molar-refractivity contribution in [1.82, 2.24) is 25.0 Å². The Hall–Kier alpha value is -4.07. The van der Waals surface area contributed by atoms with Crippen molar-refractivity contribution in [3.8, 4) is 23.0 Å². The maximum absolute atomic E-state index is 12.7. The number of amides is 1. The van der Waals surface area contributed by atoms with Gasteiger partial charge >= 0.3 is 0 Å². The SMILES string of the molecule is Cc1nn(-c2nncc(-c3ccccc3)n2)c2c1C(c1cccc(OC(C)C)c1)CC(=O)N2. The van der Waals surface area contributed by atoms with Gasteiger partial charge in [-0.1, -0.05) is 42.5 Å². The Morgan fingerprint density at radius 3 is 2.73 bits per heavy atom. The van der Waals surface area contributed by atoms with Gasteiger partial charge in [-0.2, -0.15) is 14.9 Å². The summed E-state index contributed by atoms with van der Waals surface area (Å²) in [4.78, 5) is 17.4. The van der Waals surface area contributed by atoms with Gasteiger partial charge in [0.05, 0.1) is 23.7 Å². The first-order valence-electron chi connectivity index (χ1n) is 10.9. The van der Waals surface area contributed by atoms with Crippen molar-refractivity contribution in [2.45, 2.75) is 39.2 Å². The van der Waals surface area contributed by atoms with Crippen molar-refractivity contribution in [2.75, 3.05) is 5.32 Å². The molecule has 1 aliphatic heterocycles. The molecule has 166 valence electrons. The van der Waals surface area contributed by atoms with E-state index in [-0.39, 0.29) is 17.9 Å². The molecule has 1 aliphatic rings. The van der Waals surface area contributed by atoms with Crippen LogP contribution < -0.4 is 10.1 Å². The van der Waals surface area contributed by atoms with Crippen LogP contribution in [0.15, 0.2) is 60.8 Å². The molecule has 33 heavy (non-hydrogen) atoms. The van der Waals surface area contributed by atoms with Gasteiger partial charge in [0.15, 0.2) is 0 Å². The van der Waals surface area contributed by atoms with Gasteiger partial charge in [-0.15, -0.1) is 5.10 Å². The van der Waals surface area contributed by atoms with Crippen LogP contribution in [-0.2, 0) is 4.79 Å². The summed E-state index contributed by atoms with van der Waals surface area (Å²) in [6.07, 6.45) is 2.01. The minimum Gasteiger partial charge on any atom is -0.491 e. The van der Waals surface area contributed by atoms with E-state index in [4.69, 9.17) is 4.74 Å². The maximum atomic E-state index is 12.7. The van der Waals surface area contributed by atoms with E-state index in [0.717, 1.165) is 28.1 Å². The third kappa shape index (κ3) is 4.07. The fourth-order valence-corrected chi connectivity index (χ4v) is 4.19. The molecule has 1 atom stereocenters. The van der Waals surface area contributed by atoms with Crippen molar-refractivity contribution < 1.29 is 9.53 Å². The Morgan fingerprint density at radius 2 is 1.94 bits per heavy atom. The Kier molecular flexibility index (Phi) is 5.34. The van der Waals surface area contributed by atoms with Crippen LogP contribution in [0.4, 0.5) is 5.82 Å². The van der Waals surface area contributed by atoms with Crippen molar-refractivity contribution in [2.24, 2.45) is 0 Å². The van der Waals surface area contributed by atoms with Gasteiger partial charge in [0.1, 0.15) is 11.6 Å². The highest BCUT2D eigenvalue weighted by Gasteiger charge is 2.33. The van der Waals surface area contributed by atoms with Crippen molar-refractivity contribution >= 4 is 11.7 Å². The largest absolute Gasteiger partial charge is 0.491 e. The normalized spacial score (nSPS) is 15.3. The molecule has 5 rings (SSSR count). The first-order chi connectivity index (χ1) is 16.0. The molecule has 0 saturated heterocycles. The lowest BCUT2D eigenvalue weighted by atomic mass is 9.86. The zero-order valence-electron chi connectivity index (χ0n) is 18.7. The number of hydrogen-bond donors (Lipinski definition) is 1. The average Bonchev–Trinajstić information content (AvgIpc) is 3.15. The number of anilines is 1. The van der Waals surface area contributed by atoms with Crippen LogP contribution in [0.3, 0.4) is 0 Å². The number of hydrogen-bond acceptors (Lipinski definition) is 6. The van der Waals surface area contributed by atoms with Crippen LogP contribution in [0.25, 0.3) is 17.2 Å². The van der Waals surface area contributed by atoms with E-state index in [1.807, 2.05) is 75.4 Å². The monoisotopic (exact) mass is 440 g/mol. The molecule has 0 radical (unpaired) electrons. The van der Waals surface area contributed by atoms with E-state index in [1.165, 1.54) is 0 Å². The number of benzene rings is 2. The number of carbonyl (C=O) groups is 1. The van der Waals surface area contributed by atoms with Crippen molar-refractivity contribution in [3.05, 3.63) is 77.6 Å². The third-order valence-corrected chi connectivity index (χ3v) is 5.54. The molecule has 4 aromatic rings. The van der Waals surface area contributed by atoms with E-state index in [1.54, 1.807) is 10.9 Å². The first-order valence-corrected chi connectivity index (χ1v) is 10.9. The minimum atomic E-state index is -0.150. The predicted octanol–water partition coefficient (Wildman–Crippen LogP) is 4.29. The Bertz CT molecular complexity index is 1320. The molecule has 1 amide bonds. The molecule has 0 spiro atoms. The van der Waals surface area contributed by atoms with E-state index >= 15 is 0 Å². The smallest absolute Gasteiger partial charge is 0.272 e. The average molecular weight is 441 g/mol. The minimum absolute atomic E-state index is 0.0662. The fourth-order valence-electron chi connectivity index (χ4n) is 4.19. The van der Waals surface area contributed by atoms with E-state index < -0.39 is 0 Å². The lowest BCUT2D eigenvalue weighted by Gasteiger charge is -2.24. The number of aromatic nitrogens is 5. The Balaban J connectivity index is 1.58. The molecule has 8 heteroatoms. The predicted molar refractivity (Wildman–Crippen MR) is 124 cm³/mol. The third-order valence-electron chi connectivity index (χ3n) is 5.54. The molecule has 3 heterocycles. The molecule has 1 unspecified atom stereocenters. The second-order valence-corrected chi connectivity index (χ2v) is 8.31.